The third-order valence-corrected chi connectivity index (χ3v) is 2.45. The molecule has 3 heteroatoms. The van der Waals surface area contributed by atoms with Crippen molar-refractivity contribution in [1.82, 2.24) is 0 Å². The van der Waals surface area contributed by atoms with Crippen LogP contribution >= 0.6 is 11.6 Å². The third kappa shape index (κ3) is 3.40. The Bertz CT molecular complexity index is 383. The van der Waals surface area contributed by atoms with E-state index in [1.54, 1.807) is 12.1 Å². The summed E-state index contributed by atoms with van der Waals surface area (Å²) in [6.07, 6.45) is 2.52. The highest BCUT2D eigenvalue weighted by Crippen LogP contribution is 2.26. The summed E-state index contributed by atoms with van der Waals surface area (Å²) in [6, 6.07) is 7.46. The number of aliphatic carboxylic acids is 1. The van der Waals surface area contributed by atoms with Crippen molar-refractivity contribution in [1.29, 1.82) is 0 Å². The Labute approximate surface area is 94.2 Å². The van der Waals surface area contributed by atoms with Crippen LogP contribution in [0.4, 0.5) is 0 Å². The Balaban J connectivity index is 2.97. The minimum atomic E-state index is -0.826. The molecule has 0 aromatic heterocycles. The van der Waals surface area contributed by atoms with E-state index in [2.05, 4.69) is 0 Å². The number of carboxylic acids is 1. The number of benzene rings is 1. The Hall–Kier alpha value is -1.28. The molecule has 80 valence electrons. The highest BCUT2D eigenvalue weighted by molar-refractivity contribution is 6.32. The number of hydrogen-bond donors (Lipinski definition) is 1. The first-order valence-corrected chi connectivity index (χ1v) is 5.18. The van der Waals surface area contributed by atoms with Crippen LogP contribution < -0.4 is 0 Å². The average molecular weight is 225 g/mol. The van der Waals surface area contributed by atoms with Crippen LogP contribution in [0.2, 0.25) is 5.02 Å². The molecule has 0 spiro atoms. The molecule has 1 aromatic carbocycles. The number of halogens is 1. The number of carboxylic acid groups (broad SMARTS) is 1. The van der Waals surface area contributed by atoms with Gasteiger partial charge >= 0.3 is 5.97 Å². The maximum absolute atomic E-state index is 10.5. The van der Waals surface area contributed by atoms with Crippen molar-refractivity contribution < 1.29 is 9.90 Å². The molecule has 0 aliphatic rings. The van der Waals surface area contributed by atoms with Crippen molar-refractivity contribution in [3.05, 3.63) is 40.9 Å². The van der Waals surface area contributed by atoms with Gasteiger partial charge in [0.15, 0.2) is 0 Å². The van der Waals surface area contributed by atoms with Gasteiger partial charge in [-0.3, -0.25) is 4.79 Å². The lowest BCUT2D eigenvalue weighted by Gasteiger charge is -2.06. The lowest BCUT2D eigenvalue weighted by molar-refractivity contribution is -0.135. The van der Waals surface area contributed by atoms with Gasteiger partial charge in [-0.25, -0.2) is 0 Å². The molecule has 0 radical (unpaired) electrons. The first-order chi connectivity index (χ1) is 7.15. The summed E-state index contributed by atoms with van der Waals surface area (Å²) >= 11 is 6.02. The van der Waals surface area contributed by atoms with E-state index in [9.17, 15) is 4.79 Å². The molecular formula is C12H13ClO2. The van der Waals surface area contributed by atoms with Gasteiger partial charge in [0.25, 0.3) is 0 Å². The van der Waals surface area contributed by atoms with Gasteiger partial charge in [0, 0.05) is 5.02 Å². The average Bonchev–Trinajstić information content (AvgIpc) is 2.21. The van der Waals surface area contributed by atoms with Crippen LogP contribution in [0, 0.1) is 0 Å². The van der Waals surface area contributed by atoms with E-state index in [0.717, 1.165) is 17.6 Å². The van der Waals surface area contributed by atoms with E-state index >= 15 is 0 Å². The lowest BCUT2D eigenvalue weighted by atomic mass is 10.0. The Morgan fingerprint density at radius 2 is 2.13 bits per heavy atom. The predicted octanol–water partition coefficient (Wildman–Crippen LogP) is 3.61. The molecule has 0 heterocycles. The molecule has 0 bridgehead atoms. The van der Waals surface area contributed by atoms with Gasteiger partial charge in [-0.1, -0.05) is 42.8 Å². The third-order valence-electron chi connectivity index (χ3n) is 2.12. The Kier molecular flexibility index (Phi) is 4.37. The monoisotopic (exact) mass is 224 g/mol. The summed E-state index contributed by atoms with van der Waals surface area (Å²) in [5, 5.41) is 9.26. The fourth-order valence-electron chi connectivity index (χ4n) is 1.38. The van der Waals surface area contributed by atoms with Crippen LogP contribution in [-0.2, 0) is 4.79 Å². The van der Waals surface area contributed by atoms with Crippen molar-refractivity contribution in [3.63, 3.8) is 0 Å². The zero-order chi connectivity index (χ0) is 11.3. The van der Waals surface area contributed by atoms with Gasteiger partial charge in [-0.2, -0.15) is 0 Å². The molecule has 0 aliphatic carbocycles. The summed E-state index contributed by atoms with van der Waals surface area (Å²) < 4.78 is 0. The smallest absolute Gasteiger partial charge is 0.307 e. The molecular weight excluding hydrogens is 212 g/mol. The maximum atomic E-state index is 10.5. The molecule has 0 saturated heterocycles. The molecule has 0 unspecified atom stereocenters. The van der Waals surface area contributed by atoms with E-state index in [0.29, 0.717) is 5.02 Å². The largest absolute Gasteiger partial charge is 0.481 e. The standard InChI is InChI=1S/C12H13ClO2/c1-2-9(7-8-12(14)15)10-5-3-4-6-11(10)13/h3-7H,2,8H2,1H3,(H,14,15)/b9-7+. The van der Waals surface area contributed by atoms with Crippen molar-refractivity contribution >= 4 is 23.1 Å². The van der Waals surface area contributed by atoms with Gasteiger partial charge in [-0.15, -0.1) is 0 Å². The van der Waals surface area contributed by atoms with Crippen molar-refractivity contribution in [2.45, 2.75) is 19.8 Å². The second-order valence-electron chi connectivity index (χ2n) is 3.16. The molecule has 2 nitrogen and oxygen atoms in total. The fourth-order valence-corrected chi connectivity index (χ4v) is 1.63. The highest BCUT2D eigenvalue weighted by atomic mass is 35.5. The van der Waals surface area contributed by atoms with E-state index in [1.807, 2.05) is 25.1 Å². The fraction of sp³-hybridized carbons (Fsp3) is 0.250. The molecule has 0 amide bonds. The lowest BCUT2D eigenvalue weighted by Crippen LogP contribution is -1.92. The van der Waals surface area contributed by atoms with Crippen LogP contribution in [0.15, 0.2) is 30.3 Å². The summed E-state index contributed by atoms with van der Waals surface area (Å²) in [7, 11) is 0. The molecule has 0 aliphatic heterocycles. The first-order valence-electron chi connectivity index (χ1n) is 4.81. The van der Waals surface area contributed by atoms with Gasteiger partial charge in [0.1, 0.15) is 0 Å². The van der Waals surface area contributed by atoms with Crippen LogP contribution in [0.1, 0.15) is 25.3 Å². The van der Waals surface area contributed by atoms with E-state index in [4.69, 9.17) is 16.7 Å². The van der Waals surface area contributed by atoms with Crippen LogP contribution in [0.3, 0.4) is 0 Å². The topological polar surface area (TPSA) is 37.3 Å². The molecule has 0 fully saturated rings. The summed E-state index contributed by atoms with van der Waals surface area (Å²) in [6.45, 7) is 1.98. The maximum Gasteiger partial charge on any atom is 0.307 e. The zero-order valence-corrected chi connectivity index (χ0v) is 9.29. The van der Waals surface area contributed by atoms with E-state index in [-0.39, 0.29) is 6.42 Å². The number of hydrogen-bond acceptors (Lipinski definition) is 1. The summed E-state index contributed by atoms with van der Waals surface area (Å²) in [5.41, 5.74) is 1.89. The van der Waals surface area contributed by atoms with Crippen molar-refractivity contribution in [2.24, 2.45) is 0 Å². The second kappa shape index (κ2) is 5.56. The van der Waals surface area contributed by atoms with Crippen LogP contribution in [0.5, 0.6) is 0 Å². The number of carbonyl (C=O) groups is 1. The van der Waals surface area contributed by atoms with Gasteiger partial charge in [0.2, 0.25) is 0 Å². The van der Waals surface area contributed by atoms with Crippen LogP contribution in [0.25, 0.3) is 5.57 Å². The van der Waals surface area contributed by atoms with E-state index < -0.39 is 5.97 Å². The minimum Gasteiger partial charge on any atom is -0.481 e. The van der Waals surface area contributed by atoms with Crippen LogP contribution in [-0.4, -0.2) is 11.1 Å². The first kappa shape index (κ1) is 11.8. The summed E-state index contributed by atoms with van der Waals surface area (Å²) in [5.74, 6) is -0.826. The van der Waals surface area contributed by atoms with Gasteiger partial charge < -0.3 is 5.11 Å². The predicted molar refractivity (Wildman–Crippen MR) is 62.0 cm³/mol. The quantitative estimate of drug-likeness (QED) is 0.849. The van der Waals surface area contributed by atoms with Crippen molar-refractivity contribution in [3.8, 4) is 0 Å². The molecule has 0 saturated carbocycles. The molecule has 0 atom stereocenters. The Morgan fingerprint density at radius 3 is 2.67 bits per heavy atom. The van der Waals surface area contributed by atoms with Gasteiger partial charge in [-0.05, 0) is 23.6 Å². The molecule has 1 rings (SSSR count). The number of rotatable bonds is 4. The number of allylic oxidation sites excluding steroid dienone is 1. The molecule has 1 aromatic rings. The summed E-state index contributed by atoms with van der Waals surface area (Å²) in [4.78, 5) is 10.5. The Morgan fingerprint density at radius 1 is 1.47 bits per heavy atom. The SMILES string of the molecule is CC/C(=C\CC(=O)O)c1ccccc1Cl. The second-order valence-corrected chi connectivity index (χ2v) is 3.57. The normalized spacial score (nSPS) is 11.5. The molecule has 1 N–H and O–H groups in total. The van der Waals surface area contributed by atoms with Gasteiger partial charge in [0.05, 0.1) is 6.42 Å². The zero-order valence-electron chi connectivity index (χ0n) is 8.53. The van der Waals surface area contributed by atoms with E-state index in [1.165, 1.54) is 0 Å². The minimum absolute atomic E-state index is 0.0361. The molecule has 15 heavy (non-hydrogen) atoms. The van der Waals surface area contributed by atoms with Crippen molar-refractivity contribution in [2.75, 3.05) is 0 Å². The highest BCUT2D eigenvalue weighted by Gasteiger charge is 2.04.